The van der Waals surface area contributed by atoms with Crippen molar-refractivity contribution in [2.24, 2.45) is 5.73 Å². The van der Waals surface area contributed by atoms with Gasteiger partial charge in [-0.25, -0.2) is 0 Å². The van der Waals surface area contributed by atoms with E-state index in [2.05, 4.69) is 5.32 Å². The molecule has 0 aliphatic carbocycles. The lowest BCUT2D eigenvalue weighted by Crippen LogP contribution is -2.31. The summed E-state index contributed by atoms with van der Waals surface area (Å²) in [7, 11) is 0. The van der Waals surface area contributed by atoms with Crippen molar-refractivity contribution >= 4 is 11.8 Å². The van der Waals surface area contributed by atoms with E-state index in [9.17, 15) is 9.59 Å². The number of benzene rings is 2. The Kier molecular flexibility index (Phi) is 5.86. The van der Waals surface area contributed by atoms with Crippen LogP contribution in [0.5, 0.6) is 5.75 Å². The van der Waals surface area contributed by atoms with E-state index in [0.717, 1.165) is 30.6 Å². The first-order chi connectivity index (χ1) is 12.6. The Bertz CT molecular complexity index is 768. The molecule has 0 bridgehead atoms. The highest BCUT2D eigenvalue weighted by Gasteiger charge is 2.16. The Balaban J connectivity index is 1.62. The second kappa shape index (κ2) is 8.49. The second-order valence-electron chi connectivity index (χ2n) is 6.21. The van der Waals surface area contributed by atoms with Crippen LogP contribution in [0.1, 0.15) is 23.2 Å². The number of primary amides is 1. The maximum Gasteiger partial charge on any atom is 0.255 e. The van der Waals surface area contributed by atoms with Crippen LogP contribution in [0.4, 0.5) is 0 Å². The summed E-state index contributed by atoms with van der Waals surface area (Å²) in [5, 5.41) is 2.91. The molecule has 2 aromatic rings. The third-order valence-electron chi connectivity index (χ3n) is 4.21. The molecule has 3 N–H and O–H groups in total. The summed E-state index contributed by atoms with van der Waals surface area (Å²) in [6.07, 6.45) is 2.17. The molecule has 0 aromatic heterocycles. The van der Waals surface area contributed by atoms with Crippen LogP contribution in [0.2, 0.25) is 0 Å². The van der Waals surface area contributed by atoms with Crippen LogP contribution in [0, 0.1) is 0 Å². The van der Waals surface area contributed by atoms with Crippen LogP contribution in [-0.2, 0) is 9.53 Å². The minimum Gasteiger partial charge on any atom is -0.484 e. The quantitative estimate of drug-likeness (QED) is 0.797. The van der Waals surface area contributed by atoms with Crippen molar-refractivity contribution in [2.75, 3.05) is 19.8 Å². The van der Waals surface area contributed by atoms with Gasteiger partial charge in [0.1, 0.15) is 5.75 Å². The van der Waals surface area contributed by atoms with E-state index in [-0.39, 0.29) is 18.6 Å². The van der Waals surface area contributed by atoms with Gasteiger partial charge >= 0.3 is 0 Å². The molecule has 6 heteroatoms. The number of rotatable bonds is 7. The molecule has 0 unspecified atom stereocenters. The topological polar surface area (TPSA) is 90.7 Å². The van der Waals surface area contributed by atoms with Gasteiger partial charge in [-0.15, -0.1) is 0 Å². The molecule has 136 valence electrons. The van der Waals surface area contributed by atoms with Gasteiger partial charge < -0.3 is 20.5 Å². The van der Waals surface area contributed by atoms with Crippen molar-refractivity contribution in [1.82, 2.24) is 5.32 Å². The zero-order chi connectivity index (χ0) is 18.4. The normalized spacial score (nSPS) is 16.2. The van der Waals surface area contributed by atoms with Crippen molar-refractivity contribution < 1.29 is 19.1 Å². The molecule has 6 nitrogen and oxygen atoms in total. The van der Waals surface area contributed by atoms with Crippen molar-refractivity contribution in [3.8, 4) is 16.9 Å². The van der Waals surface area contributed by atoms with Crippen LogP contribution in [0.15, 0.2) is 48.5 Å². The highest BCUT2D eigenvalue weighted by Crippen LogP contribution is 2.24. The molecule has 1 saturated heterocycles. The minimum atomic E-state index is -0.520. The summed E-state index contributed by atoms with van der Waals surface area (Å²) in [4.78, 5) is 23.0. The van der Waals surface area contributed by atoms with Crippen LogP contribution in [0.25, 0.3) is 11.1 Å². The third kappa shape index (κ3) is 4.83. The average Bonchev–Trinajstić information content (AvgIpc) is 3.18. The smallest absolute Gasteiger partial charge is 0.255 e. The molecule has 0 radical (unpaired) electrons. The summed E-state index contributed by atoms with van der Waals surface area (Å²) in [5.74, 6) is -0.0564. The van der Waals surface area contributed by atoms with Gasteiger partial charge in [-0.05, 0) is 48.2 Å². The molecule has 3 rings (SSSR count). The lowest BCUT2D eigenvalue weighted by Gasteiger charge is -2.11. The first-order valence-electron chi connectivity index (χ1n) is 8.63. The Morgan fingerprint density at radius 2 is 1.96 bits per heavy atom. The minimum absolute atomic E-state index is 0.106. The zero-order valence-corrected chi connectivity index (χ0v) is 14.4. The SMILES string of the molecule is NC(=O)COc1cccc(-c2ccc(C(=O)NC[C@H]3CCCO3)cc2)c1. The fourth-order valence-corrected chi connectivity index (χ4v) is 2.85. The summed E-state index contributed by atoms with van der Waals surface area (Å²) >= 11 is 0. The summed E-state index contributed by atoms with van der Waals surface area (Å²) in [5.41, 5.74) is 7.57. The van der Waals surface area contributed by atoms with Crippen LogP contribution >= 0.6 is 0 Å². The molecule has 1 atom stereocenters. The highest BCUT2D eigenvalue weighted by atomic mass is 16.5. The van der Waals surface area contributed by atoms with Crippen molar-refractivity contribution in [2.45, 2.75) is 18.9 Å². The molecule has 1 fully saturated rings. The standard InChI is InChI=1S/C20H22N2O4/c21-19(23)13-26-17-4-1-3-16(11-17)14-6-8-15(9-7-14)20(24)22-12-18-5-2-10-25-18/h1,3-4,6-9,11,18H,2,5,10,12-13H2,(H2,21,23)(H,22,24)/t18-/m1/s1. The lowest BCUT2D eigenvalue weighted by atomic mass is 10.0. The van der Waals surface area contributed by atoms with Crippen LogP contribution in [0.3, 0.4) is 0 Å². The second-order valence-corrected chi connectivity index (χ2v) is 6.21. The Hall–Kier alpha value is -2.86. The summed E-state index contributed by atoms with van der Waals surface area (Å²) in [6.45, 7) is 1.16. The molecule has 2 aromatic carbocycles. The van der Waals surface area contributed by atoms with Crippen LogP contribution < -0.4 is 15.8 Å². The molecule has 1 aliphatic rings. The monoisotopic (exact) mass is 354 g/mol. The van der Waals surface area contributed by atoms with E-state index in [0.29, 0.717) is 17.9 Å². The fourth-order valence-electron chi connectivity index (χ4n) is 2.85. The zero-order valence-electron chi connectivity index (χ0n) is 14.4. The van der Waals surface area contributed by atoms with Crippen molar-refractivity contribution in [3.05, 3.63) is 54.1 Å². The van der Waals surface area contributed by atoms with Gasteiger partial charge in [0.05, 0.1) is 6.10 Å². The first-order valence-corrected chi connectivity index (χ1v) is 8.63. The maximum absolute atomic E-state index is 12.2. The van der Waals surface area contributed by atoms with Crippen LogP contribution in [-0.4, -0.2) is 37.7 Å². The molecule has 0 spiro atoms. The van der Waals surface area contributed by atoms with Gasteiger partial charge in [0, 0.05) is 18.7 Å². The Morgan fingerprint density at radius 3 is 2.65 bits per heavy atom. The third-order valence-corrected chi connectivity index (χ3v) is 4.21. The Labute approximate surface area is 152 Å². The molecular weight excluding hydrogens is 332 g/mol. The number of hydrogen-bond donors (Lipinski definition) is 2. The largest absolute Gasteiger partial charge is 0.484 e. The van der Waals surface area contributed by atoms with Gasteiger partial charge in [0.15, 0.2) is 6.61 Å². The van der Waals surface area contributed by atoms with Gasteiger partial charge in [0.25, 0.3) is 11.8 Å². The van der Waals surface area contributed by atoms with Gasteiger partial charge in [-0.2, -0.15) is 0 Å². The van der Waals surface area contributed by atoms with E-state index in [1.807, 2.05) is 30.3 Å². The number of hydrogen-bond acceptors (Lipinski definition) is 4. The predicted molar refractivity (Wildman–Crippen MR) is 97.9 cm³/mol. The van der Waals surface area contributed by atoms with E-state index in [4.69, 9.17) is 15.2 Å². The number of carbonyl (C=O) groups excluding carboxylic acids is 2. The van der Waals surface area contributed by atoms with Crippen molar-refractivity contribution in [1.29, 1.82) is 0 Å². The lowest BCUT2D eigenvalue weighted by molar-refractivity contribution is -0.119. The molecule has 1 heterocycles. The van der Waals surface area contributed by atoms with Gasteiger partial charge in [-0.3, -0.25) is 9.59 Å². The van der Waals surface area contributed by atoms with Gasteiger partial charge in [-0.1, -0.05) is 24.3 Å². The van der Waals surface area contributed by atoms with E-state index < -0.39 is 5.91 Å². The number of amides is 2. The number of nitrogens with two attached hydrogens (primary N) is 1. The summed E-state index contributed by atoms with van der Waals surface area (Å²) in [6, 6.07) is 14.7. The van der Waals surface area contributed by atoms with Gasteiger partial charge in [0.2, 0.25) is 0 Å². The first kappa shape index (κ1) is 17.9. The number of nitrogens with one attached hydrogen (secondary N) is 1. The number of ether oxygens (including phenoxy) is 2. The molecule has 0 saturated carbocycles. The van der Waals surface area contributed by atoms with E-state index in [1.54, 1.807) is 18.2 Å². The summed E-state index contributed by atoms with van der Waals surface area (Å²) < 4.78 is 10.8. The maximum atomic E-state index is 12.2. The predicted octanol–water partition coefficient (Wildman–Crippen LogP) is 2.13. The van der Waals surface area contributed by atoms with Crippen molar-refractivity contribution in [3.63, 3.8) is 0 Å². The average molecular weight is 354 g/mol. The molecule has 2 amide bonds. The van der Waals surface area contributed by atoms with E-state index in [1.165, 1.54) is 0 Å². The Morgan fingerprint density at radius 1 is 1.15 bits per heavy atom. The molecule has 1 aliphatic heterocycles. The number of carbonyl (C=O) groups is 2. The molecule has 26 heavy (non-hydrogen) atoms. The fraction of sp³-hybridized carbons (Fsp3) is 0.300. The highest BCUT2D eigenvalue weighted by molar-refractivity contribution is 5.94. The molecular formula is C20H22N2O4. The van der Waals surface area contributed by atoms with E-state index >= 15 is 0 Å².